The number of alkyl carbamates (subject to hydrolysis) is 1. The van der Waals surface area contributed by atoms with Gasteiger partial charge in [0.05, 0.1) is 6.61 Å². The maximum atomic E-state index is 12.8. The van der Waals surface area contributed by atoms with Crippen LogP contribution in [0.4, 0.5) is 13.6 Å². The van der Waals surface area contributed by atoms with Crippen molar-refractivity contribution in [3.8, 4) is 0 Å². The van der Waals surface area contributed by atoms with E-state index < -0.39 is 12.0 Å². The van der Waals surface area contributed by atoms with Crippen LogP contribution in [0.2, 0.25) is 0 Å². The highest BCUT2D eigenvalue weighted by atomic mass is 19.3. The summed E-state index contributed by atoms with van der Waals surface area (Å²) in [6.45, 7) is 2.56. The highest BCUT2D eigenvalue weighted by molar-refractivity contribution is 5.66. The Balaban J connectivity index is 2.16. The number of carbonyl (C=O) groups excluding carboxylic acids is 1. The van der Waals surface area contributed by atoms with E-state index in [-0.39, 0.29) is 25.4 Å². The standard InChI is InChI=1S/C10H17F2NO2/c1-2-13-9(14)15-7-8-3-5-10(11,12)6-4-8/h8H,2-7H2,1H3,(H,13,14). The first-order valence-corrected chi connectivity index (χ1v) is 5.32. The largest absolute Gasteiger partial charge is 0.449 e. The lowest BCUT2D eigenvalue weighted by molar-refractivity contribution is -0.0516. The lowest BCUT2D eigenvalue weighted by Crippen LogP contribution is -2.30. The molecule has 0 aromatic rings. The van der Waals surface area contributed by atoms with Crippen molar-refractivity contribution in [1.82, 2.24) is 5.32 Å². The van der Waals surface area contributed by atoms with Crippen LogP contribution in [0.15, 0.2) is 0 Å². The van der Waals surface area contributed by atoms with Crippen molar-refractivity contribution in [2.24, 2.45) is 5.92 Å². The molecule has 0 aliphatic heterocycles. The van der Waals surface area contributed by atoms with Crippen molar-refractivity contribution >= 4 is 6.09 Å². The van der Waals surface area contributed by atoms with Crippen molar-refractivity contribution in [3.05, 3.63) is 0 Å². The smallest absolute Gasteiger partial charge is 0.407 e. The molecule has 0 radical (unpaired) electrons. The number of halogens is 2. The Morgan fingerprint density at radius 3 is 2.60 bits per heavy atom. The van der Waals surface area contributed by atoms with E-state index in [4.69, 9.17) is 4.74 Å². The SMILES string of the molecule is CCNC(=O)OCC1CCC(F)(F)CC1. The van der Waals surface area contributed by atoms with E-state index >= 15 is 0 Å². The Kier molecular flexibility index (Phi) is 4.29. The van der Waals surface area contributed by atoms with E-state index in [1.807, 2.05) is 0 Å². The fourth-order valence-corrected chi connectivity index (χ4v) is 1.66. The zero-order chi connectivity index (χ0) is 11.3. The van der Waals surface area contributed by atoms with Crippen LogP contribution in [0, 0.1) is 5.92 Å². The van der Waals surface area contributed by atoms with Gasteiger partial charge >= 0.3 is 6.09 Å². The predicted molar refractivity (Wildman–Crippen MR) is 51.9 cm³/mol. The number of ether oxygens (including phenoxy) is 1. The average Bonchev–Trinajstić information content (AvgIpc) is 2.17. The highest BCUT2D eigenvalue weighted by Gasteiger charge is 2.35. The summed E-state index contributed by atoms with van der Waals surface area (Å²) in [7, 11) is 0. The number of hydrogen-bond acceptors (Lipinski definition) is 2. The van der Waals surface area contributed by atoms with Crippen LogP contribution in [0.3, 0.4) is 0 Å². The molecule has 0 bridgehead atoms. The third kappa shape index (κ3) is 4.44. The molecule has 1 aliphatic rings. The Hall–Kier alpha value is -0.870. The van der Waals surface area contributed by atoms with Gasteiger partial charge in [-0.1, -0.05) is 0 Å². The topological polar surface area (TPSA) is 38.3 Å². The van der Waals surface area contributed by atoms with Gasteiger partial charge in [0.1, 0.15) is 0 Å². The number of hydrogen-bond donors (Lipinski definition) is 1. The minimum atomic E-state index is -2.51. The summed E-state index contributed by atoms with van der Waals surface area (Å²) in [6.07, 6.45) is 0.237. The van der Waals surface area contributed by atoms with Gasteiger partial charge in [-0.25, -0.2) is 13.6 Å². The Morgan fingerprint density at radius 2 is 2.07 bits per heavy atom. The number of alkyl halides is 2. The van der Waals surface area contributed by atoms with E-state index in [1.54, 1.807) is 6.92 Å². The van der Waals surface area contributed by atoms with Crippen LogP contribution in [-0.2, 0) is 4.74 Å². The molecule has 1 N–H and O–H groups in total. The first-order valence-electron chi connectivity index (χ1n) is 5.32. The number of amides is 1. The Labute approximate surface area is 88.2 Å². The predicted octanol–water partition coefficient (Wildman–Crippen LogP) is 2.56. The minimum Gasteiger partial charge on any atom is -0.449 e. The lowest BCUT2D eigenvalue weighted by atomic mass is 9.87. The van der Waals surface area contributed by atoms with Gasteiger partial charge in [-0.15, -0.1) is 0 Å². The fraction of sp³-hybridized carbons (Fsp3) is 0.900. The van der Waals surface area contributed by atoms with Crippen LogP contribution in [-0.4, -0.2) is 25.2 Å². The second-order valence-electron chi connectivity index (χ2n) is 3.93. The highest BCUT2D eigenvalue weighted by Crippen LogP contribution is 2.36. The minimum absolute atomic E-state index is 0.0869. The van der Waals surface area contributed by atoms with E-state index in [2.05, 4.69) is 5.32 Å². The van der Waals surface area contributed by atoms with Crippen LogP contribution >= 0.6 is 0 Å². The molecule has 1 aliphatic carbocycles. The molecule has 0 heterocycles. The number of carbonyl (C=O) groups is 1. The molecule has 5 heteroatoms. The molecular formula is C10H17F2NO2. The zero-order valence-electron chi connectivity index (χ0n) is 8.89. The van der Waals surface area contributed by atoms with Gasteiger partial charge in [0, 0.05) is 19.4 Å². The van der Waals surface area contributed by atoms with E-state index in [0.29, 0.717) is 19.4 Å². The molecule has 1 amide bonds. The number of rotatable bonds is 3. The quantitative estimate of drug-likeness (QED) is 0.795. The second kappa shape index (κ2) is 5.28. The van der Waals surface area contributed by atoms with Gasteiger partial charge in [-0.3, -0.25) is 0 Å². The third-order valence-corrected chi connectivity index (χ3v) is 2.61. The summed E-state index contributed by atoms with van der Waals surface area (Å²) in [5, 5.41) is 2.49. The molecule has 0 spiro atoms. The van der Waals surface area contributed by atoms with E-state index in [0.717, 1.165) is 0 Å². The van der Waals surface area contributed by atoms with Gasteiger partial charge in [0.15, 0.2) is 0 Å². The van der Waals surface area contributed by atoms with Crippen LogP contribution in [0.5, 0.6) is 0 Å². The van der Waals surface area contributed by atoms with Crippen LogP contribution in [0.25, 0.3) is 0 Å². The number of nitrogens with one attached hydrogen (secondary N) is 1. The first kappa shape index (κ1) is 12.2. The van der Waals surface area contributed by atoms with Crippen molar-refractivity contribution in [1.29, 1.82) is 0 Å². The molecule has 1 fully saturated rings. The van der Waals surface area contributed by atoms with Crippen LogP contribution < -0.4 is 5.32 Å². The van der Waals surface area contributed by atoms with Crippen molar-refractivity contribution in [3.63, 3.8) is 0 Å². The van der Waals surface area contributed by atoms with E-state index in [1.165, 1.54) is 0 Å². The molecule has 0 atom stereocenters. The molecule has 0 aromatic carbocycles. The molecule has 3 nitrogen and oxygen atoms in total. The summed E-state index contributed by atoms with van der Waals surface area (Å²) in [4.78, 5) is 10.9. The summed E-state index contributed by atoms with van der Waals surface area (Å²) >= 11 is 0. The fourth-order valence-electron chi connectivity index (χ4n) is 1.66. The molecule has 1 saturated carbocycles. The van der Waals surface area contributed by atoms with Crippen molar-refractivity contribution in [2.45, 2.75) is 38.5 Å². The molecule has 15 heavy (non-hydrogen) atoms. The summed E-state index contributed by atoms with van der Waals surface area (Å²) < 4.78 is 30.4. The Bertz CT molecular complexity index is 211. The average molecular weight is 221 g/mol. The monoisotopic (exact) mass is 221 g/mol. The zero-order valence-corrected chi connectivity index (χ0v) is 8.89. The molecule has 0 aromatic heterocycles. The van der Waals surface area contributed by atoms with Crippen molar-refractivity contribution in [2.75, 3.05) is 13.2 Å². The van der Waals surface area contributed by atoms with Crippen LogP contribution in [0.1, 0.15) is 32.6 Å². The molecule has 1 rings (SSSR count). The van der Waals surface area contributed by atoms with Crippen molar-refractivity contribution < 1.29 is 18.3 Å². The van der Waals surface area contributed by atoms with Gasteiger partial charge in [0.25, 0.3) is 0 Å². The van der Waals surface area contributed by atoms with Gasteiger partial charge in [-0.2, -0.15) is 0 Å². The summed E-state index contributed by atoms with van der Waals surface area (Å²) in [5.41, 5.74) is 0. The second-order valence-corrected chi connectivity index (χ2v) is 3.93. The summed E-state index contributed by atoms with van der Waals surface area (Å²) in [6, 6.07) is 0. The molecular weight excluding hydrogens is 204 g/mol. The summed E-state index contributed by atoms with van der Waals surface area (Å²) in [5.74, 6) is -2.42. The lowest BCUT2D eigenvalue weighted by Gasteiger charge is -2.27. The maximum absolute atomic E-state index is 12.8. The molecule has 0 saturated heterocycles. The molecule has 0 unspecified atom stereocenters. The normalized spacial score (nSPS) is 21.0. The van der Waals surface area contributed by atoms with Gasteiger partial charge < -0.3 is 10.1 Å². The maximum Gasteiger partial charge on any atom is 0.407 e. The van der Waals surface area contributed by atoms with Gasteiger partial charge in [0.2, 0.25) is 5.92 Å². The first-order chi connectivity index (χ1) is 7.03. The van der Waals surface area contributed by atoms with E-state index in [9.17, 15) is 13.6 Å². The third-order valence-electron chi connectivity index (χ3n) is 2.61. The molecule has 88 valence electrons. The Morgan fingerprint density at radius 1 is 1.47 bits per heavy atom. The van der Waals surface area contributed by atoms with Gasteiger partial charge in [-0.05, 0) is 25.7 Å².